The van der Waals surface area contributed by atoms with Crippen molar-refractivity contribution < 1.29 is 9.53 Å². The van der Waals surface area contributed by atoms with Gasteiger partial charge in [0.1, 0.15) is 5.69 Å². The fourth-order valence-corrected chi connectivity index (χ4v) is 2.04. The van der Waals surface area contributed by atoms with Crippen LogP contribution in [0.3, 0.4) is 0 Å². The van der Waals surface area contributed by atoms with Crippen molar-refractivity contribution in [2.24, 2.45) is 5.41 Å². The molecule has 1 heterocycles. The fraction of sp³-hybridized carbons (Fsp3) is 0.800. The first-order valence-corrected chi connectivity index (χ1v) is 7.41. The Labute approximate surface area is 127 Å². The average Bonchev–Trinajstić information content (AvgIpc) is 2.85. The van der Waals surface area contributed by atoms with Gasteiger partial charge in [0, 0.05) is 18.9 Å². The maximum Gasteiger partial charge on any atom is 0.181 e. The van der Waals surface area contributed by atoms with Gasteiger partial charge in [-0.1, -0.05) is 26.0 Å². The number of carbonyl (C=O) groups excluding carboxylic acids is 1. The van der Waals surface area contributed by atoms with Crippen LogP contribution < -0.4 is 5.32 Å². The van der Waals surface area contributed by atoms with Crippen LogP contribution in [0.4, 0.5) is 0 Å². The van der Waals surface area contributed by atoms with Crippen molar-refractivity contribution >= 4 is 5.78 Å². The first kappa shape index (κ1) is 17.8. The second-order valence-electron chi connectivity index (χ2n) is 6.64. The van der Waals surface area contributed by atoms with Gasteiger partial charge in [0.25, 0.3) is 0 Å². The normalized spacial score (nSPS) is 15.0. The summed E-state index contributed by atoms with van der Waals surface area (Å²) < 4.78 is 7.84. The Morgan fingerprint density at radius 3 is 2.57 bits per heavy atom. The SMILES string of the molecule is CCC(C)(Cn1cc(C(C)=O)nn1)OCC(C)(C)CNC. The van der Waals surface area contributed by atoms with E-state index < -0.39 is 0 Å². The van der Waals surface area contributed by atoms with Gasteiger partial charge in [-0.2, -0.15) is 0 Å². The third-order valence-electron chi connectivity index (χ3n) is 3.61. The lowest BCUT2D eigenvalue weighted by Gasteiger charge is -2.33. The molecule has 0 radical (unpaired) electrons. The predicted octanol–water partition coefficient (Wildman–Crippen LogP) is 1.91. The van der Waals surface area contributed by atoms with Gasteiger partial charge in [-0.15, -0.1) is 5.10 Å². The topological polar surface area (TPSA) is 69.0 Å². The van der Waals surface area contributed by atoms with E-state index in [1.807, 2.05) is 7.05 Å². The quantitative estimate of drug-likeness (QED) is 0.705. The standard InChI is InChI=1S/C15H28N4O2/c1-7-15(5,21-11-14(3,4)9-16-6)10-19-8-13(12(2)20)17-18-19/h8,16H,7,9-11H2,1-6H3. The first-order chi connectivity index (χ1) is 9.71. The van der Waals surface area contributed by atoms with Crippen molar-refractivity contribution in [1.29, 1.82) is 0 Å². The van der Waals surface area contributed by atoms with Crippen LogP contribution in [0.15, 0.2) is 6.20 Å². The van der Waals surface area contributed by atoms with Gasteiger partial charge in [-0.3, -0.25) is 4.79 Å². The van der Waals surface area contributed by atoms with E-state index >= 15 is 0 Å². The molecule has 21 heavy (non-hydrogen) atoms. The summed E-state index contributed by atoms with van der Waals surface area (Å²) in [4.78, 5) is 11.3. The number of ether oxygens (including phenoxy) is 1. The molecule has 6 heteroatoms. The Hall–Kier alpha value is -1.27. The molecule has 0 saturated carbocycles. The molecule has 6 nitrogen and oxygen atoms in total. The van der Waals surface area contributed by atoms with Gasteiger partial charge in [0.15, 0.2) is 5.78 Å². The molecule has 1 unspecified atom stereocenters. The summed E-state index contributed by atoms with van der Waals surface area (Å²) in [5.41, 5.74) is 0.133. The molecule has 0 saturated heterocycles. The lowest BCUT2D eigenvalue weighted by molar-refractivity contribution is -0.0790. The number of carbonyl (C=O) groups is 1. The lowest BCUT2D eigenvalue weighted by Crippen LogP contribution is -2.39. The fourth-order valence-electron chi connectivity index (χ4n) is 2.04. The van der Waals surface area contributed by atoms with Crippen LogP contribution in [0.1, 0.15) is 51.5 Å². The zero-order valence-corrected chi connectivity index (χ0v) is 14.1. The molecule has 1 N–H and O–H groups in total. The summed E-state index contributed by atoms with van der Waals surface area (Å²) in [5.74, 6) is -0.0736. The number of rotatable bonds is 9. The molecule has 1 aromatic rings. The smallest absolute Gasteiger partial charge is 0.181 e. The number of nitrogens with one attached hydrogen (secondary N) is 1. The Morgan fingerprint density at radius 1 is 1.43 bits per heavy atom. The molecule has 1 atom stereocenters. The molecule has 1 aromatic heterocycles. The highest BCUT2D eigenvalue weighted by Gasteiger charge is 2.28. The Kier molecular flexibility index (Phi) is 6.04. The van der Waals surface area contributed by atoms with Gasteiger partial charge in [-0.05, 0) is 20.4 Å². The van der Waals surface area contributed by atoms with E-state index in [4.69, 9.17) is 4.74 Å². The van der Waals surface area contributed by atoms with Crippen molar-refractivity contribution in [3.05, 3.63) is 11.9 Å². The summed E-state index contributed by atoms with van der Waals surface area (Å²) in [6.07, 6.45) is 2.54. The molecule has 1 rings (SSSR count). The second-order valence-corrected chi connectivity index (χ2v) is 6.64. The summed E-state index contributed by atoms with van der Waals surface area (Å²) in [5, 5.41) is 11.1. The van der Waals surface area contributed by atoms with Gasteiger partial charge >= 0.3 is 0 Å². The average molecular weight is 296 g/mol. The summed E-state index contributed by atoms with van der Waals surface area (Å²) >= 11 is 0. The predicted molar refractivity (Wildman–Crippen MR) is 82.4 cm³/mol. The molecule has 0 aromatic carbocycles. The van der Waals surface area contributed by atoms with Crippen LogP contribution in [-0.4, -0.2) is 46.6 Å². The van der Waals surface area contributed by atoms with Gasteiger partial charge in [0.05, 0.1) is 24.9 Å². The minimum Gasteiger partial charge on any atom is -0.373 e. The minimum absolute atomic E-state index is 0.0676. The molecule has 120 valence electrons. The Balaban J connectivity index is 2.68. The van der Waals surface area contributed by atoms with E-state index in [0.29, 0.717) is 18.8 Å². The highest BCUT2D eigenvalue weighted by molar-refractivity contribution is 5.91. The van der Waals surface area contributed by atoms with Crippen molar-refractivity contribution in [2.45, 2.75) is 53.2 Å². The third kappa shape index (κ3) is 5.55. The van der Waals surface area contributed by atoms with E-state index in [9.17, 15) is 4.79 Å². The van der Waals surface area contributed by atoms with Crippen LogP contribution >= 0.6 is 0 Å². The molecule has 0 spiro atoms. The van der Waals surface area contributed by atoms with Crippen molar-refractivity contribution in [3.8, 4) is 0 Å². The Bertz CT molecular complexity index is 470. The van der Waals surface area contributed by atoms with Crippen LogP contribution in [0.2, 0.25) is 0 Å². The molecule has 0 fully saturated rings. The van der Waals surface area contributed by atoms with Gasteiger partial charge in [-0.25, -0.2) is 4.68 Å². The van der Waals surface area contributed by atoms with Crippen LogP contribution in [-0.2, 0) is 11.3 Å². The monoisotopic (exact) mass is 296 g/mol. The number of hydrogen-bond acceptors (Lipinski definition) is 5. The third-order valence-corrected chi connectivity index (χ3v) is 3.61. The van der Waals surface area contributed by atoms with E-state index in [1.54, 1.807) is 10.9 Å². The number of nitrogens with zero attached hydrogens (tertiary/aromatic N) is 3. The largest absolute Gasteiger partial charge is 0.373 e. The minimum atomic E-state index is -0.327. The molecule has 0 aliphatic heterocycles. The zero-order chi connectivity index (χ0) is 16.1. The van der Waals surface area contributed by atoms with Gasteiger partial charge in [0.2, 0.25) is 0 Å². The van der Waals surface area contributed by atoms with Crippen LogP contribution in [0.5, 0.6) is 0 Å². The number of hydrogen-bond donors (Lipinski definition) is 1. The van der Waals surface area contributed by atoms with E-state index in [2.05, 4.69) is 43.3 Å². The molecule has 0 aliphatic rings. The number of Topliss-reactive ketones (excluding diaryl/α,β-unsaturated/α-hetero) is 1. The van der Waals surface area contributed by atoms with E-state index in [-0.39, 0.29) is 16.8 Å². The van der Waals surface area contributed by atoms with Crippen molar-refractivity contribution in [3.63, 3.8) is 0 Å². The molecular weight excluding hydrogens is 268 g/mol. The molecule has 0 amide bonds. The van der Waals surface area contributed by atoms with E-state index in [1.165, 1.54) is 6.92 Å². The van der Waals surface area contributed by atoms with E-state index in [0.717, 1.165) is 13.0 Å². The summed E-state index contributed by atoms with van der Waals surface area (Å²) in [7, 11) is 1.94. The molecule has 0 aliphatic carbocycles. The second kappa shape index (κ2) is 7.13. The maximum atomic E-state index is 11.3. The molecule has 0 bridgehead atoms. The Morgan fingerprint density at radius 2 is 2.10 bits per heavy atom. The van der Waals surface area contributed by atoms with Crippen LogP contribution in [0.25, 0.3) is 0 Å². The highest BCUT2D eigenvalue weighted by atomic mass is 16.5. The summed E-state index contributed by atoms with van der Waals surface area (Å²) in [6, 6.07) is 0. The number of ketones is 1. The molecular formula is C15H28N4O2. The van der Waals surface area contributed by atoms with Crippen LogP contribution in [0, 0.1) is 5.41 Å². The lowest BCUT2D eigenvalue weighted by atomic mass is 9.94. The van der Waals surface area contributed by atoms with Crippen molar-refractivity contribution in [2.75, 3.05) is 20.2 Å². The summed E-state index contributed by atoms with van der Waals surface area (Å²) in [6.45, 7) is 12.1. The number of aromatic nitrogens is 3. The van der Waals surface area contributed by atoms with Gasteiger partial charge < -0.3 is 10.1 Å². The first-order valence-electron chi connectivity index (χ1n) is 7.41. The highest BCUT2D eigenvalue weighted by Crippen LogP contribution is 2.23. The van der Waals surface area contributed by atoms with Crippen molar-refractivity contribution in [1.82, 2.24) is 20.3 Å². The zero-order valence-electron chi connectivity index (χ0n) is 14.1. The maximum absolute atomic E-state index is 11.3.